The maximum atomic E-state index is 10.7. The van der Waals surface area contributed by atoms with Crippen molar-refractivity contribution < 1.29 is 5.11 Å². The topological polar surface area (TPSA) is 45.2 Å². The summed E-state index contributed by atoms with van der Waals surface area (Å²) in [4.78, 5) is 4.39. The van der Waals surface area contributed by atoms with Crippen LogP contribution in [0.5, 0.6) is 5.75 Å². The fourth-order valence-electron chi connectivity index (χ4n) is 3.27. The minimum atomic E-state index is 0.293. The van der Waals surface area contributed by atoms with E-state index in [4.69, 9.17) is 23.2 Å². The Kier molecular flexibility index (Phi) is 5.12. The van der Waals surface area contributed by atoms with Gasteiger partial charge in [0.15, 0.2) is 0 Å². The van der Waals surface area contributed by atoms with Gasteiger partial charge in [0.1, 0.15) is 5.75 Å². The molecule has 1 heterocycles. The van der Waals surface area contributed by atoms with E-state index in [1.165, 1.54) is 0 Å². The van der Waals surface area contributed by atoms with Gasteiger partial charge in [0, 0.05) is 38.6 Å². The number of hydrogen-bond acceptors (Lipinski definition) is 3. The molecule has 0 spiro atoms. The van der Waals surface area contributed by atoms with Crippen LogP contribution in [-0.2, 0) is 6.42 Å². The minimum Gasteiger partial charge on any atom is -0.507 e. The van der Waals surface area contributed by atoms with Gasteiger partial charge in [-0.25, -0.2) is 0 Å². The van der Waals surface area contributed by atoms with E-state index in [1.807, 2.05) is 67.6 Å². The number of aromatic nitrogens is 1. The number of rotatable bonds is 4. The van der Waals surface area contributed by atoms with E-state index < -0.39 is 0 Å². The Hall–Kier alpha value is -2.75. The van der Waals surface area contributed by atoms with Gasteiger partial charge in [-0.15, -0.1) is 0 Å². The molecule has 0 radical (unpaired) electrons. The summed E-state index contributed by atoms with van der Waals surface area (Å²) in [5.41, 5.74) is 5.19. The molecule has 0 aliphatic heterocycles. The first-order valence-electron chi connectivity index (χ1n) is 8.98. The molecule has 0 fully saturated rings. The predicted octanol–water partition coefficient (Wildman–Crippen LogP) is 7.22. The summed E-state index contributed by atoms with van der Waals surface area (Å²) in [6.45, 7) is 2.02. The highest BCUT2D eigenvalue weighted by atomic mass is 35.5. The van der Waals surface area contributed by atoms with Crippen molar-refractivity contribution in [2.75, 3.05) is 5.32 Å². The Bertz CT molecular complexity index is 1160. The number of nitrogens with one attached hydrogen (secondary N) is 1. The number of phenolic OH excluding ortho intramolecular Hbond substituents is 1. The second-order valence-electron chi connectivity index (χ2n) is 6.54. The number of nitrogens with zero attached hydrogens (tertiary/aromatic N) is 1. The largest absolute Gasteiger partial charge is 0.507 e. The van der Waals surface area contributed by atoms with Crippen LogP contribution in [0.2, 0.25) is 10.0 Å². The van der Waals surface area contributed by atoms with Crippen molar-refractivity contribution in [3.05, 3.63) is 82.5 Å². The lowest BCUT2D eigenvalue weighted by Crippen LogP contribution is -1.96. The number of fused-ring (bicyclic) bond motifs is 1. The van der Waals surface area contributed by atoms with Gasteiger partial charge >= 0.3 is 0 Å². The van der Waals surface area contributed by atoms with Crippen LogP contribution in [0, 0.1) is 0 Å². The fraction of sp³-hybridized carbons (Fsp3) is 0.0870. The highest BCUT2D eigenvalue weighted by Crippen LogP contribution is 2.37. The predicted molar refractivity (Wildman–Crippen MR) is 118 cm³/mol. The molecule has 1 aromatic heterocycles. The van der Waals surface area contributed by atoms with E-state index in [2.05, 4.69) is 10.3 Å². The number of anilines is 2. The first kappa shape index (κ1) is 18.6. The Morgan fingerprint density at radius 3 is 2.43 bits per heavy atom. The van der Waals surface area contributed by atoms with Crippen molar-refractivity contribution in [2.24, 2.45) is 0 Å². The van der Waals surface area contributed by atoms with Crippen LogP contribution in [0.3, 0.4) is 0 Å². The van der Waals surface area contributed by atoms with E-state index in [9.17, 15) is 5.11 Å². The van der Waals surface area contributed by atoms with E-state index in [0.717, 1.165) is 39.0 Å². The first-order valence-corrected chi connectivity index (χ1v) is 9.74. The molecule has 0 atom stereocenters. The summed E-state index contributed by atoms with van der Waals surface area (Å²) in [7, 11) is 0. The van der Waals surface area contributed by atoms with Gasteiger partial charge in [-0.1, -0.05) is 42.3 Å². The lowest BCUT2D eigenvalue weighted by atomic mass is 9.99. The van der Waals surface area contributed by atoms with Crippen molar-refractivity contribution in [1.82, 2.24) is 4.98 Å². The molecular formula is C23H18Cl2N2O. The standard InChI is InChI=1S/C23H18Cl2N2O/c1-2-14-11-18(13-20(23(14)28)15-3-5-16(24)6-4-15)27-21-9-10-26-22-12-17(25)7-8-19(21)22/h3-13,28H,2H2,1H3,(H,26,27). The maximum absolute atomic E-state index is 10.7. The summed E-state index contributed by atoms with van der Waals surface area (Å²) >= 11 is 12.1. The summed E-state index contributed by atoms with van der Waals surface area (Å²) < 4.78 is 0. The Balaban J connectivity index is 1.80. The van der Waals surface area contributed by atoms with Gasteiger partial charge in [-0.3, -0.25) is 4.98 Å². The van der Waals surface area contributed by atoms with Crippen molar-refractivity contribution in [3.63, 3.8) is 0 Å². The SMILES string of the molecule is CCc1cc(Nc2ccnc3cc(Cl)ccc23)cc(-c2ccc(Cl)cc2)c1O. The number of benzene rings is 3. The number of halogens is 2. The Morgan fingerprint density at radius 2 is 1.68 bits per heavy atom. The first-order chi connectivity index (χ1) is 13.5. The van der Waals surface area contributed by atoms with Crippen LogP contribution < -0.4 is 5.32 Å². The van der Waals surface area contributed by atoms with Gasteiger partial charge in [0.2, 0.25) is 0 Å². The lowest BCUT2D eigenvalue weighted by molar-refractivity contribution is 0.471. The number of aromatic hydroxyl groups is 1. The lowest BCUT2D eigenvalue weighted by Gasteiger charge is -2.15. The highest BCUT2D eigenvalue weighted by molar-refractivity contribution is 6.31. The molecule has 0 aliphatic carbocycles. The van der Waals surface area contributed by atoms with Gasteiger partial charge in [0.25, 0.3) is 0 Å². The molecule has 0 aliphatic rings. The van der Waals surface area contributed by atoms with Crippen LogP contribution >= 0.6 is 23.2 Å². The molecule has 5 heteroatoms. The molecule has 3 nitrogen and oxygen atoms in total. The smallest absolute Gasteiger partial charge is 0.126 e. The average Bonchev–Trinajstić information content (AvgIpc) is 2.70. The van der Waals surface area contributed by atoms with Crippen molar-refractivity contribution >= 4 is 45.5 Å². The highest BCUT2D eigenvalue weighted by Gasteiger charge is 2.12. The number of pyridine rings is 1. The van der Waals surface area contributed by atoms with E-state index in [0.29, 0.717) is 22.2 Å². The molecule has 4 rings (SSSR count). The third kappa shape index (κ3) is 3.64. The van der Waals surface area contributed by atoms with Gasteiger partial charge in [-0.05, 0) is 66.1 Å². The molecule has 0 bridgehead atoms. The van der Waals surface area contributed by atoms with E-state index in [1.54, 1.807) is 6.20 Å². The Labute approximate surface area is 173 Å². The molecule has 0 unspecified atom stereocenters. The molecule has 2 N–H and O–H groups in total. The molecule has 0 saturated heterocycles. The summed E-state index contributed by atoms with van der Waals surface area (Å²) in [5, 5.41) is 16.5. The molecule has 140 valence electrons. The molecular weight excluding hydrogens is 391 g/mol. The quantitative estimate of drug-likeness (QED) is 0.350. The number of phenols is 1. The normalized spacial score (nSPS) is 11.0. The van der Waals surface area contributed by atoms with E-state index >= 15 is 0 Å². The van der Waals surface area contributed by atoms with Crippen LogP contribution in [-0.4, -0.2) is 10.1 Å². The zero-order chi connectivity index (χ0) is 19.7. The molecule has 0 amide bonds. The van der Waals surface area contributed by atoms with Crippen molar-refractivity contribution in [3.8, 4) is 16.9 Å². The van der Waals surface area contributed by atoms with Crippen molar-refractivity contribution in [1.29, 1.82) is 0 Å². The fourth-order valence-corrected chi connectivity index (χ4v) is 3.56. The second-order valence-corrected chi connectivity index (χ2v) is 7.41. The monoisotopic (exact) mass is 408 g/mol. The maximum Gasteiger partial charge on any atom is 0.126 e. The third-order valence-electron chi connectivity index (χ3n) is 4.71. The van der Waals surface area contributed by atoms with Crippen LogP contribution in [0.25, 0.3) is 22.0 Å². The van der Waals surface area contributed by atoms with Crippen molar-refractivity contribution in [2.45, 2.75) is 13.3 Å². The third-order valence-corrected chi connectivity index (χ3v) is 5.20. The van der Waals surface area contributed by atoms with Gasteiger partial charge in [-0.2, -0.15) is 0 Å². The average molecular weight is 409 g/mol. The molecule has 28 heavy (non-hydrogen) atoms. The number of aryl methyl sites for hydroxylation is 1. The van der Waals surface area contributed by atoms with Crippen LogP contribution in [0.1, 0.15) is 12.5 Å². The summed E-state index contributed by atoms with van der Waals surface area (Å²) in [5.74, 6) is 0.293. The Morgan fingerprint density at radius 1 is 0.929 bits per heavy atom. The molecule has 3 aromatic carbocycles. The minimum absolute atomic E-state index is 0.293. The zero-order valence-corrected chi connectivity index (χ0v) is 16.7. The van der Waals surface area contributed by atoms with Gasteiger partial charge in [0.05, 0.1) is 5.52 Å². The van der Waals surface area contributed by atoms with Crippen LogP contribution in [0.4, 0.5) is 11.4 Å². The number of hydrogen-bond donors (Lipinski definition) is 2. The van der Waals surface area contributed by atoms with Crippen LogP contribution in [0.15, 0.2) is 66.9 Å². The van der Waals surface area contributed by atoms with E-state index in [-0.39, 0.29) is 0 Å². The van der Waals surface area contributed by atoms with Gasteiger partial charge < -0.3 is 10.4 Å². The molecule has 0 saturated carbocycles. The summed E-state index contributed by atoms with van der Waals surface area (Å²) in [6.07, 6.45) is 2.47. The second kappa shape index (κ2) is 7.70. The zero-order valence-electron chi connectivity index (χ0n) is 15.2. The molecule has 4 aromatic rings. The summed E-state index contributed by atoms with van der Waals surface area (Å²) in [6, 6.07) is 18.9.